The van der Waals surface area contributed by atoms with Gasteiger partial charge in [0, 0.05) is 28.4 Å². The summed E-state index contributed by atoms with van der Waals surface area (Å²) in [6, 6.07) is 19.5. The molecule has 0 bridgehead atoms. The lowest BCUT2D eigenvalue weighted by molar-refractivity contribution is 0.0940. The Morgan fingerprint density at radius 2 is 1.88 bits per heavy atom. The average Bonchev–Trinajstić information content (AvgIpc) is 3.63. The minimum atomic E-state index is -0.382. The van der Waals surface area contributed by atoms with E-state index < -0.39 is 0 Å². The number of hydrogen-bond acceptors (Lipinski definition) is 7. The van der Waals surface area contributed by atoms with Gasteiger partial charge in [-0.3, -0.25) is 9.78 Å². The maximum Gasteiger partial charge on any atom is 0.255 e. The Balaban J connectivity index is 1.21. The maximum atomic E-state index is 13.3. The quantitative estimate of drug-likeness (QED) is 0.235. The number of nitrogens with one attached hydrogen (secondary N) is 2. The van der Waals surface area contributed by atoms with Gasteiger partial charge in [-0.25, -0.2) is 14.4 Å². The predicted octanol–water partition coefficient (Wildman–Crippen LogP) is 6.36. The van der Waals surface area contributed by atoms with E-state index in [1.807, 2.05) is 36.7 Å². The lowest BCUT2D eigenvalue weighted by atomic mass is 10.1. The van der Waals surface area contributed by atoms with E-state index in [4.69, 9.17) is 0 Å². The number of benzene rings is 2. The van der Waals surface area contributed by atoms with Crippen LogP contribution in [0.2, 0.25) is 0 Å². The molecule has 6 aromatic rings. The average molecular weight is 562 g/mol. The van der Waals surface area contributed by atoms with Crippen LogP contribution in [0.5, 0.6) is 0 Å². The number of carbonyl (C=O) groups is 1. The van der Waals surface area contributed by atoms with Crippen molar-refractivity contribution in [2.45, 2.75) is 19.5 Å². The van der Waals surface area contributed by atoms with Crippen LogP contribution in [0, 0.1) is 17.1 Å². The number of imidazole rings is 1. The molecule has 202 valence electrons. The molecule has 1 amide bonds. The van der Waals surface area contributed by atoms with E-state index in [9.17, 15) is 14.4 Å². The minimum Gasteiger partial charge on any atom is -0.365 e. The maximum absolute atomic E-state index is 13.3. The molecule has 1 atom stereocenters. The number of halogens is 1. The molecule has 4 heterocycles. The monoisotopic (exact) mass is 561 g/mol. The fraction of sp³-hybridized carbons (Fsp3) is 0.129. The van der Waals surface area contributed by atoms with Crippen LogP contribution in [0.4, 0.5) is 10.2 Å². The molecule has 0 saturated heterocycles. The number of fused-ring (bicyclic) bond motifs is 3. The number of pyridine rings is 2. The van der Waals surface area contributed by atoms with Crippen molar-refractivity contribution in [2.24, 2.45) is 7.05 Å². The number of rotatable bonds is 7. The SMILES string of the molecule is C[C@H](NC(=O)c1cc(C#N)cnc1NCc1ccc(-c2ccc3ncc4ncn(C)c4c3c2)s1)c1ccc(F)cc1. The predicted molar refractivity (Wildman–Crippen MR) is 158 cm³/mol. The summed E-state index contributed by atoms with van der Waals surface area (Å²) in [5.41, 5.74) is 5.19. The molecule has 0 saturated carbocycles. The molecule has 41 heavy (non-hydrogen) atoms. The summed E-state index contributed by atoms with van der Waals surface area (Å²) in [5.74, 6) is -0.352. The van der Waals surface area contributed by atoms with Gasteiger partial charge in [-0.1, -0.05) is 18.2 Å². The first-order valence-electron chi connectivity index (χ1n) is 12.9. The van der Waals surface area contributed by atoms with E-state index in [1.54, 1.807) is 36.0 Å². The van der Waals surface area contributed by atoms with Crippen LogP contribution in [0.1, 0.15) is 39.3 Å². The molecule has 0 fully saturated rings. The molecule has 10 heteroatoms. The van der Waals surface area contributed by atoms with Crippen molar-refractivity contribution in [3.63, 3.8) is 0 Å². The first-order valence-corrected chi connectivity index (χ1v) is 13.7. The molecular formula is C31H24FN7OS. The van der Waals surface area contributed by atoms with E-state index in [2.05, 4.69) is 43.8 Å². The summed E-state index contributed by atoms with van der Waals surface area (Å²) >= 11 is 1.64. The second-order valence-corrected chi connectivity index (χ2v) is 10.8. The van der Waals surface area contributed by atoms with E-state index in [0.717, 1.165) is 42.8 Å². The van der Waals surface area contributed by atoms with Crippen LogP contribution >= 0.6 is 11.3 Å². The molecule has 2 N–H and O–H groups in total. The van der Waals surface area contributed by atoms with Gasteiger partial charge in [-0.15, -0.1) is 11.3 Å². The van der Waals surface area contributed by atoms with Gasteiger partial charge in [-0.05, 0) is 60.5 Å². The normalized spacial score (nSPS) is 11.9. The van der Waals surface area contributed by atoms with Crippen LogP contribution in [-0.4, -0.2) is 25.4 Å². The van der Waals surface area contributed by atoms with Gasteiger partial charge in [0.1, 0.15) is 23.2 Å². The number of hydrogen-bond donors (Lipinski definition) is 2. The Kier molecular flexibility index (Phi) is 6.87. The molecule has 2 aromatic carbocycles. The fourth-order valence-corrected chi connectivity index (χ4v) is 5.68. The Labute approximate surface area is 239 Å². The summed E-state index contributed by atoms with van der Waals surface area (Å²) in [5, 5.41) is 16.6. The van der Waals surface area contributed by atoms with Crippen molar-refractivity contribution < 1.29 is 9.18 Å². The Morgan fingerprint density at radius 3 is 2.68 bits per heavy atom. The highest BCUT2D eigenvalue weighted by atomic mass is 32.1. The van der Waals surface area contributed by atoms with E-state index in [-0.39, 0.29) is 28.9 Å². The summed E-state index contributed by atoms with van der Waals surface area (Å²) < 4.78 is 15.3. The number of carbonyl (C=O) groups excluding carboxylic acids is 1. The number of aryl methyl sites for hydroxylation is 1. The molecule has 0 aliphatic heterocycles. The van der Waals surface area contributed by atoms with E-state index >= 15 is 0 Å². The Bertz CT molecular complexity index is 1960. The molecule has 0 spiro atoms. The molecule has 4 aromatic heterocycles. The van der Waals surface area contributed by atoms with Gasteiger partial charge in [0.15, 0.2) is 0 Å². The molecule has 6 rings (SSSR count). The highest BCUT2D eigenvalue weighted by Crippen LogP contribution is 2.33. The van der Waals surface area contributed by atoms with Crippen LogP contribution < -0.4 is 10.6 Å². The zero-order chi connectivity index (χ0) is 28.5. The third-order valence-corrected chi connectivity index (χ3v) is 8.03. The van der Waals surface area contributed by atoms with Crippen molar-refractivity contribution in [1.82, 2.24) is 24.8 Å². The summed E-state index contributed by atoms with van der Waals surface area (Å²) in [4.78, 5) is 28.7. The third kappa shape index (κ3) is 5.23. The molecule has 0 aliphatic rings. The summed E-state index contributed by atoms with van der Waals surface area (Å²) in [6.07, 6.45) is 5.02. The summed E-state index contributed by atoms with van der Waals surface area (Å²) in [6.45, 7) is 2.26. The number of anilines is 1. The molecule has 0 unspecified atom stereocenters. The van der Waals surface area contributed by atoms with Crippen LogP contribution in [0.25, 0.3) is 32.4 Å². The highest BCUT2D eigenvalue weighted by Gasteiger charge is 2.18. The number of aromatic nitrogens is 4. The third-order valence-electron chi connectivity index (χ3n) is 6.90. The minimum absolute atomic E-state index is 0.261. The second-order valence-electron chi connectivity index (χ2n) is 9.68. The highest BCUT2D eigenvalue weighted by molar-refractivity contribution is 7.15. The van der Waals surface area contributed by atoms with Crippen molar-refractivity contribution in [3.8, 4) is 16.5 Å². The lowest BCUT2D eigenvalue weighted by Gasteiger charge is -2.16. The number of nitriles is 1. The van der Waals surface area contributed by atoms with Gasteiger partial charge in [0.2, 0.25) is 0 Å². The first-order chi connectivity index (χ1) is 19.9. The lowest BCUT2D eigenvalue weighted by Crippen LogP contribution is -2.27. The van der Waals surface area contributed by atoms with Gasteiger partial charge >= 0.3 is 0 Å². The van der Waals surface area contributed by atoms with Crippen molar-refractivity contribution >= 4 is 45.0 Å². The molecule has 0 aliphatic carbocycles. The van der Waals surface area contributed by atoms with Crippen molar-refractivity contribution in [2.75, 3.05) is 5.32 Å². The smallest absolute Gasteiger partial charge is 0.255 e. The Hall–Kier alpha value is -5.14. The van der Waals surface area contributed by atoms with E-state index in [1.165, 1.54) is 24.4 Å². The molecule has 8 nitrogen and oxygen atoms in total. The van der Waals surface area contributed by atoms with E-state index in [0.29, 0.717) is 12.4 Å². The van der Waals surface area contributed by atoms with Crippen LogP contribution in [0.3, 0.4) is 0 Å². The standard InChI is InChI=1S/C31H24FN7OS/c1-18(20-3-6-22(32)7-4-20)38-31(40)25-11-19(13-33)14-35-30(25)36-15-23-8-10-28(41-23)21-5-9-26-24(12-21)29-27(16-34-26)37-17-39(29)2/h3-12,14,16-18H,15H2,1-2H3,(H,35,36)(H,38,40)/t18-/m0/s1. The number of amides is 1. The summed E-state index contributed by atoms with van der Waals surface area (Å²) in [7, 11) is 1.98. The topological polar surface area (TPSA) is 109 Å². The first kappa shape index (κ1) is 26.1. The largest absolute Gasteiger partial charge is 0.365 e. The van der Waals surface area contributed by atoms with Gasteiger partial charge in [-0.2, -0.15) is 5.26 Å². The van der Waals surface area contributed by atoms with Gasteiger partial charge in [0.05, 0.1) is 47.3 Å². The number of thiophene rings is 1. The second kappa shape index (κ2) is 10.8. The van der Waals surface area contributed by atoms with Crippen LogP contribution in [-0.2, 0) is 13.6 Å². The molecular weight excluding hydrogens is 537 g/mol. The van der Waals surface area contributed by atoms with Gasteiger partial charge < -0.3 is 15.2 Å². The van der Waals surface area contributed by atoms with Crippen molar-refractivity contribution in [1.29, 1.82) is 5.26 Å². The Morgan fingerprint density at radius 1 is 1.05 bits per heavy atom. The zero-order valence-corrected chi connectivity index (χ0v) is 23.0. The van der Waals surface area contributed by atoms with Crippen molar-refractivity contribution in [3.05, 3.63) is 107 Å². The zero-order valence-electron chi connectivity index (χ0n) is 22.2. The van der Waals surface area contributed by atoms with Gasteiger partial charge in [0.25, 0.3) is 5.91 Å². The number of nitrogens with zero attached hydrogens (tertiary/aromatic N) is 5. The van der Waals surface area contributed by atoms with Crippen LogP contribution in [0.15, 0.2) is 79.4 Å². The fourth-order valence-electron chi connectivity index (χ4n) is 4.74. The molecule has 0 radical (unpaired) electrons.